The Morgan fingerprint density at radius 1 is 1.44 bits per heavy atom. The minimum atomic E-state index is 0.594. The van der Waals surface area contributed by atoms with Gasteiger partial charge in [-0.3, -0.25) is 0 Å². The molecule has 0 spiro atoms. The molecule has 0 aromatic carbocycles. The number of aromatic nitrogens is 2. The molecule has 1 fully saturated rings. The first-order valence-electron chi connectivity index (χ1n) is 6.51. The van der Waals surface area contributed by atoms with Crippen molar-refractivity contribution in [3.63, 3.8) is 0 Å². The third kappa shape index (κ3) is 3.51. The summed E-state index contributed by atoms with van der Waals surface area (Å²) in [7, 11) is 4.02. The molecule has 4 nitrogen and oxygen atoms in total. The van der Waals surface area contributed by atoms with E-state index in [0.29, 0.717) is 5.92 Å². The van der Waals surface area contributed by atoms with Gasteiger partial charge in [0.25, 0.3) is 0 Å². The molecule has 1 aliphatic carbocycles. The zero-order valence-corrected chi connectivity index (χ0v) is 12.3. The van der Waals surface area contributed by atoms with Gasteiger partial charge in [-0.1, -0.05) is 0 Å². The standard InChI is InChI=1S/C13H22N4S/c1-14-11-9-12(17(2)7-4-8-18-3)16-13(15-11)10-5-6-10/h9-10H,4-8H2,1-3H3,(H,14,15,16). The lowest BCUT2D eigenvalue weighted by atomic mass is 10.3. The normalized spacial score (nSPS) is 14.6. The van der Waals surface area contributed by atoms with Crippen LogP contribution in [-0.4, -0.2) is 42.6 Å². The lowest BCUT2D eigenvalue weighted by Crippen LogP contribution is -2.21. The van der Waals surface area contributed by atoms with Crippen molar-refractivity contribution >= 4 is 23.4 Å². The largest absolute Gasteiger partial charge is 0.373 e. The van der Waals surface area contributed by atoms with Crippen molar-refractivity contribution in [1.82, 2.24) is 9.97 Å². The van der Waals surface area contributed by atoms with Crippen LogP contribution in [0.25, 0.3) is 0 Å². The SMILES string of the molecule is CNc1cc(N(C)CCCSC)nc(C2CC2)n1. The first-order chi connectivity index (χ1) is 8.74. The van der Waals surface area contributed by atoms with Gasteiger partial charge in [0.15, 0.2) is 0 Å². The van der Waals surface area contributed by atoms with E-state index in [4.69, 9.17) is 4.98 Å². The summed E-state index contributed by atoms with van der Waals surface area (Å²) in [4.78, 5) is 11.5. The molecule has 0 atom stereocenters. The molecule has 0 amide bonds. The third-order valence-electron chi connectivity index (χ3n) is 3.16. The van der Waals surface area contributed by atoms with E-state index in [1.165, 1.54) is 25.0 Å². The topological polar surface area (TPSA) is 41.0 Å². The molecule has 0 unspecified atom stereocenters. The van der Waals surface area contributed by atoms with Gasteiger partial charge in [-0.05, 0) is 31.3 Å². The van der Waals surface area contributed by atoms with Crippen LogP contribution in [0, 0.1) is 0 Å². The van der Waals surface area contributed by atoms with E-state index in [9.17, 15) is 0 Å². The van der Waals surface area contributed by atoms with Crippen molar-refractivity contribution in [1.29, 1.82) is 0 Å². The highest BCUT2D eigenvalue weighted by Gasteiger charge is 2.27. The summed E-state index contributed by atoms with van der Waals surface area (Å²) in [5.74, 6) is 4.77. The molecule has 0 aliphatic heterocycles. The third-order valence-corrected chi connectivity index (χ3v) is 3.86. The van der Waals surface area contributed by atoms with Crippen LogP contribution in [-0.2, 0) is 0 Å². The van der Waals surface area contributed by atoms with Gasteiger partial charge in [-0.15, -0.1) is 0 Å². The maximum Gasteiger partial charge on any atom is 0.136 e. The zero-order chi connectivity index (χ0) is 13.0. The highest BCUT2D eigenvalue weighted by Crippen LogP contribution is 2.39. The van der Waals surface area contributed by atoms with Crippen LogP contribution in [0.5, 0.6) is 0 Å². The number of rotatable bonds is 7. The fourth-order valence-electron chi connectivity index (χ4n) is 1.86. The second kappa shape index (κ2) is 6.27. The highest BCUT2D eigenvalue weighted by molar-refractivity contribution is 7.98. The van der Waals surface area contributed by atoms with Crippen LogP contribution < -0.4 is 10.2 Å². The van der Waals surface area contributed by atoms with Crippen molar-refractivity contribution in [2.75, 3.05) is 42.9 Å². The van der Waals surface area contributed by atoms with E-state index in [-0.39, 0.29) is 0 Å². The number of hydrogen-bond acceptors (Lipinski definition) is 5. The molecular weight excluding hydrogens is 244 g/mol. The van der Waals surface area contributed by atoms with Crippen molar-refractivity contribution in [3.05, 3.63) is 11.9 Å². The Morgan fingerprint density at radius 3 is 2.83 bits per heavy atom. The number of nitrogens with one attached hydrogen (secondary N) is 1. The number of anilines is 2. The summed E-state index contributed by atoms with van der Waals surface area (Å²) in [6, 6.07) is 2.03. The maximum absolute atomic E-state index is 4.69. The Labute approximate surface area is 114 Å². The molecule has 100 valence electrons. The zero-order valence-electron chi connectivity index (χ0n) is 11.4. The summed E-state index contributed by atoms with van der Waals surface area (Å²) in [5.41, 5.74) is 0. The Kier molecular flexibility index (Phi) is 4.69. The van der Waals surface area contributed by atoms with Crippen LogP contribution in [0.3, 0.4) is 0 Å². The van der Waals surface area contributed by atoms with E-state index < -0.39 is 0 Å². The molecule has 1 heterocycles. The van der Waals surface area contributed by atoms with E-state index in [2.05, 4.69) is 28.5 Å². The monoisotopic (exact) mass is 266 g/mol. The first-order valence-corrected chi connectivity index (χ1v) is 7.90. The fourth-order valence-corrected chi connectivity index (χ4v) is 2.28. The summed E-state index contributed by atoms with van der Waals surface area (Å²) >= 11 is 1.89. The second-order valence-electron chi connectivity index (χ2n) is 4.76. The second-order valence-corrected chi connectivity index (χ2v) is 5.75. The lowest BCUT2D eigenvalue weighted by Gasteiger charge is -2.19. The number of thioether (sulfide) groups is 1. The maximum atomic E-state index is 4.69. The van der Waals surface area contributed by atoms with E-state index >= 15 is 0 Å². The highest BCUT2D eigenvalue weighted by atomic mass is 32.2. The summed E-state index contributed by atoms with van der Waals surface area (Å²) in [6.07, 6.45) is 5.82. The number of hydrogen-bond donors (Lipinski definition) is 1. The van der Waals surface area contributed by atoms with Gasteiger partial charge < -0.3 is 10.2 Å². The summed E-state index contributed by atoms with van der Waals surface area (Å²) < 4.78 is 0. The summed E-state index contributed by atoms with van der Waals surface area (Å²) in [6.45, 7) is 1.05. The quantitative estimate of drug-likeness (QED) is 0.768. The molecule has 0 saturated heterocycles. The molecule has 1 N–H and O–H groups in total. The lowest BCUT2D eigenvalue weighted by molar-refractivity contribution is 0.824. The predicted octanol–water partition coefficient (Wildman–Crippen LogP) is 2.59. The molecule has 0 bridgehead atoms. The molecule has 18 heavy (non-hydrogen) atoms. The van der Waals surface area contributed by atoms with Crippen LogP contribution in [0.1, 0.15) is 31.0 Å². The summed E-state index contributed by atoms with van der Waals surface area (Å²) in [5, 5.41) is 3.13. The minimum Gasteiger partial charge on any atom is -0.373 e. The molecule has 1 aliphatic rings. The van der Waals surface area contributed by atoms with Gasteiger partial charge in [-0.25, -0.2) is 9.97 Å². The fraction of sp³-hybridized carbons (Fsp3) is 0.692. The van der Waals surface area contributed by atoms with Gasteiger partial charge in [0.05, 0.1) is 0 Å². The van der Waals surface area contributed by atoms with Gasteiger partial charge in [0.1, 0.15) is 17.5 Å². The first kappa shape index (κ1) is 13.5. The Morgan fingerprint density at radius 2 is 2.22 bits per heavy atom. The van der Waals surface area contributed by atoms with Crippen molar-refractivity contribution in [2.45, 2.75) is 25.2 Å². The average Bonchev–Trinajstić information content (AvgIpc) is 3.22. The smallest absolute Gasteiger partial charge is 0.136 e. The molecule has 1 aromatic rings. The van der Waals surface area contributed by atoms with Gasteiger partial charge in [-0.2, -0.15) is 11.8 Å². The van der Waals surface area contributed by atoms with Crippen molar-refractivity contribution < 1.29 is 0 Å². The molecule has 2 rings (SSSR count). The molecule has 1 aromatic heterocycles. The minimum absolute atomic E-state index is 0.594. The van der Waals surface area contributed by atoms with E-state index in [1.54, 1.807) is 0 Å². The molecular formula is C13H22N4S. The molecule has 1 saturated carbocycles. The average molecular weight is 266 g/mol. The Bertz CT molecular complexity index is 393. The van der Waals surface area contributed by atoms with Crippen LogP contribution in [0.2, 0.25) is 0 Å². The van der Waals surface area contributed by atoms with Crippen LogP contribution in [0.4, 0.5) is 11.6 Å². The van der Waals surface area contributed by atoms with E-state index in [0.717, 1.165) is 24.0 Å². The van der Waals surface area contributed by atoms with Crippen molar-refractivity contribution in [3.8, 4) is 0 Å². The molecule has 0 radical (unpaired) electrons. The van der Waals surface area contributed by atoms with Crippen LogP contribution in [0.15, 0.2) is 6.07 Å². The van der Waals surface area contributed by atoms with Gasteiger partial charge >= 0.3 is 0 Å². The van der Waals surface area contributed by atoms with E-state index in [1.807, 2.05) is 24.9 Å². The predicted molar refractivity (Wildman–Crippen MR) is 79.8 cm³/mol. The van der Waals surface area contributed by atoms with Gasteiger partial charge in [0, 0.05) is 32.6 Å². The van der Waals surface area contributed by atoms with Crippen LogP contribution >= 0.6 is 11.8 Å². The Balaban J connectivity index is 2.07. The molecule has 5 heteroatoms. The number of nitrogens with zero attached hydrogens (tertiary/aromatic N) is 3. The van der Waals surface area contributed by atoms with Gasteiger partial charge in [0.2, 0.25) is 0 Å². The van der Waals surface area contributed by atoms with Crippen molar-refractivity contribution in [2.24, 2.45) is 0 Å². The Hall–Kier alpha value is -0.970.